The minimum atomic E-state index is -0.478. The number of anilines is 1. The first-order valence-electron chi connectivity index (χ1n) is 12.3. The molecule has 35 heavy (non-hydrogen) atoms. The number of ether oxygens (including phenoxy) is 2. The van der Waals surface area contributed by atoms with Crippen molar-refractivity contribution in [2.24, 2.45) is 11.8 Å². The highest BCUT2D eigenvalue weighted by Gasteiger charge is 2.40. The Bertz CT molecular complexity index is 811. The summed E-state index contributed by atoms with van der Waals surface area (Å²) in [6.45, 7) is 6.61. The van der Waals surface area contributed by atoms with Gasteiger partial charge in [-0.15, -0.1) is 0 Å². The van der Waals surface area contributed by atoms with Gasteiger partial charge in [0.25, 0.3) is 0 Å². The fraction of sp³-hybridized carbons (Fsp3) is 0.720. The Kier molecular flexibility index (Phi) is 11.5. The Hall–Kier alpha value is -2.59. The van der Waals surface area contributed by atoms with Gasteiger partial charge in [0.15, 0.2) is 0 Å². The summed E-state index contributed by atoms with van der Waals surface area (Å²) in [5.41, 5.74) is 0. The number of hydrogen-bond donors (Lipinski definition) is 1. The maximum atomic E-state index is 13.4. The molecule has 1 N–H and O–H groups in total. The number of hydrogen-bond acceptors (Lipinski definition) is 8. The zero-order valence-electron chi connectivity index (χ0n) is 21.8. The summed E-state index contributed by atoms with van der Waals surface area (Å²) >= 11 is 0. The lowest BCUT2D eigenvalue weighted by molar-refractivity contribution is -0.144. The lowest BCUT2D eigenvalue weighted by Crippen LogP contribution is -2.53. The van der Waals surface area contributed by atoms with Gasteiger partial charge in [0.1, 0.15) is 12.1 Å². The van der Waals surface area contributed by atoms with Crippen LogP contribution in [0.5, 0.6) is 0 Å². The van der Waals surface area contributed by atoms with Crippen molar-refractivity contribution in [1.82, 2.24) is 19.8 Å². The zero-order valence-corrected chi connectivity index (χ0v) is 21.8. The molecule has 10 nitrogen and oxygen atoms in total. The number of nitrogens with zero attached hydrogens (tertiary/aromatic N) is 4. The van der Waals surface area contributed by atoms with Crippen LogP contribution in [0.25, 0.3) is 0 Å². The lowest BCUT2D eigenvalue weighted by atomic mass is 9.90. The van der Waals surface area contributed by atoms with E-state index in [-0.39, 0.29) is 54.8 Å². The van der Waals surface area contributed by atoms with Crippen LogP contribution < -0.4 is 5.32 Å². The Morgan fingerprint density at radius 2 is 2.03 bits per heavy atom. The molecule has 2 amide bonds. The van der Waals surface area contributed by atoms with Gasteiger partial charge in [-0.1, -0.05) is 27.2 Å². The fourth-order valence-corrected chi connectivity index (χ4v) is 4.96. The van der Waals surface area contributed by atoms with Crippen molar-refractivity contribution in [3.63, 3.8) is 0 Å². The molecule has 0 aliphatic carbocycles. The van der Waals surface area contributed by atoms with Gasteiger partial charge in [0.05, 0.1) is 43.5 Å². The van der Waals surface area contributed by atoms with Gasteiger partial charge in [0.2, 0.25) is 11.8 Å². The molecule has 1 saturated heterocycles. The van der Waals surface area contributed by atoms with E-state index in [1.54, 1.807) is 44.8 Å². The molecule has 2 rings (SSSR count). The first-order valence-corrected chi connectivity index (χ1v) is 12.3. The third-order valence-corrected chi connectivity index (χ3v) is 7.11. The SMILES string of the molecule is CCC(C)C(C(CC(=O)N1CCCC1C(OC)C(C)C=O)OC)N(C)C(=O)CNc1cnccn1. The number of nitrogens with one attached hydrogen (secondary N) is 1. The minimum absolute atomic E-state index is 0.0497. The lowest BCUT2D eigenvalue weighted by Gasteiger charge is -2.39. The molecule has 1 aliphatic heterocycles. The fourth-order valence-electron chi connectivity index (χ4n) is 4.96. The molecule has 6 atom stereocenters. The normalized spacial score (nSPS) is 19.9. The van der Waals surface area contributed by atoms with E-state index in [4.69, 9.17) is 9.47 Å². The predicted molar refractivity (Wildman–Crippen MR) is 133 cm³/mol. The second-order valence-electron chi connectivity index (χ2n) is 9.30. The molecule has 0 saturated carbocycles. The van der Waals surface area contributed by atoms with Gasteiger partial charge in [-0.05, 0) is 18.8 Å². The predicted octanol–water partition coefficient (Wildman–Crippen LogP) is 2.01. The number of rotatable bonds is 14. The Morgan fingerprint density at radius 3 is 2.60 bits per heavy atom. The molecule has 1 aromatic heterocycles. The van der Waals surface area contributed by atoms with Crippen LogP contribution in [0.4, 0.5) is 5.82 Å². The quantitative estimate of drug-likeness (QED) is 0.393. The van der Waals surface area contributed by atoms with E-state index in [0.717, 1.165) is 25.5 Å². The second-order valence-corrected chi connectivity index (χ2v) is 9.30. The monoisotopic (exact) mass is 491 g/mol. The molecular weight excluding hydrogens is 450 g/mol. The molecule has 0 aromatic carbocycles. The largest absolute Gasteiger partial charge is 0.379 e. The number of likely N-dealkylation sites (tertiary alicyclic amines) is 1. The van der Waals surface area contributed by atoms with Crippen molar-refractivity contribution < 1.29 is 23.9 Å². The summed E-state index contributed by atoms with van der Waals surface area (Å²) < 4.78 is 11.4. The van der Waals surface area contributed by atoms with Gasteiger partial charge in [0, 0.05) is 46.1 Å². The molecular formula is C25H41N5O5. The van der Waals surface area contributed by atoms with Crippen LogP contribution in [0.1, 0.15) is 46.5 Å². The van der Waals surface area contributed by atoms with E-state index in [1.165, 1.54) is 0 Å². The third kappa shape index (κ3) is 7.44. The highest BCUT2D eigenvalue weighted by Crippen LogP contribution is 2.28. The highest BCUT2D eigenvalue weighted by atomic mass is 16.5. The Labute approximate surface area is 208 Å². The molecule has 196 valence electrons. The van der Waals surface area contributed by atoms with Crippen LogP contribution in [0, 0.1) is 11.8 Å². The second kappa shape index (κ2) is 14.1. The first-order chi connectivity index (χ1) is 16.8. The molecule has 0 bridgehead atoms. The van der Waals surface area contributed by atoms with Crippen LogP contribution in [0.2, 0.25) is 0 Å². The third-order valence-electron chi connectivity index (χ3n) is 7.11. The molecule has 1 aliphatic rings. The van der Waals surface area contributed by atoms with Gasteiger partial charge in [-0.3, -0.25) is 14.6 Å². The Morgan fingerprint density at radius 1 is 1.29 bits per heavy atom. The molecule has 2 heterocycles. The van der Waals surface area contributed by atoms with E-state index < -0.39 is 6.10 Å². The number of likely N-dealkylation sites (N-methyl/N-ethyl adjacent to an activating group) is 1. The number of aromatic nitrogens is 2. The van der Waals surface area contributed by atoms with E-state index in [9.17, 15) is 14.4 Å². The van der Waals surface area contributed by atoms with Crippen molar-refractivity contribution in [1.29, 1.82) is 0 Å². The van der Waals surface area contributed by atoms with Crippen molar-refractivity contribution in [2.75, 3.05) is 39.7 Å². The molecule has 10 heteroatoms. The summed E-state index contributed by atoms with van der Waals surface area (Å²) in [5.74, 6) is 0.134. The van der Waals surface area contributed by atoms with Crippen molar-refractivity contribution in [3.8, 4) is 0 Å². The smallest absolute Gasteiger partial charge is 0.242 e. The number of amides is 2. The standard InChI is InChI=1S/C25H41N5O5/c1-7-17(2)24(29(4)23(33)15-28-21-14-26-10-11-27-21)20(34-5)13-22(32)30-12-8-9-19(30)25(35-6)18(3)16-31/h10-11,14,16-20,24-25H,7-9,12-13,15H2,1-6H3,(H,27,28). The van der Waals surface area contributed by atoms with Gasteiger partial charge < -0.3 is 29.4 Å². The van der Waals surface area contributed by atoms with Crippen molar-refractivity contribution in [2.45, 2.75) is 70.7 Å². The summed E-state index contributed by atoms with van der Waals surface area (Å²) in [5, 5.41) is 3.00. The van der Waals surface area contributed by atoms with E-state index >= 15 is 0 Å². The highest BCUT2D eigenvalue weighted by molar-refractivity contribution is 5.81. The summed E-state index contributed by atoms with van der Waals surface area (Å²) in [4.78, 5) is 49.5. The van der Waals surface area contributed by atoms with Crippen LogP contribution >= 0.6 is 0 Å². The van der Waals surface area contributed by atoms with Crippen LogP contribution in [0.15, 0.2) is 18.6 Å². The van der Waals surface area contributed by atoms with Gasteiger partial charge in [-0.25, -0.2) is 4.98 Å². The van der Waals surface area contributed by atoms with Gasteiger partial charge >= 0.3 is 0 Å². The molecule has 1 fully saturated rings. The minimum Gasteiger partial charge on any atom is -0.379 e. The average Bonchev–Trinajstić information content (AvgIpc) is 3.36. The summed E-state index contributed by atoms with van der Waals surface area (Å²) in [7, 11) is 4.91. The Balaban J connectivity index is 2.13. The van der Waals surface area contributed by atoms with E-state index in [2.05, 4.69) is 29.1 Å². The molecule has 0 spiro atoms. The number of aldehydes is 1. The molecule has 0 radical (unpaired) electrons. The van der Waals surface area contributed by atoms with Crippen LogP contribution in [0.3, 0.4) is 0 Å². The maximum Gasteiger partial charge on any atom is 0.242 e. The van der Waals surface area contributed by atoms with Gasteiger partial charge in [-0.2, -0.15) is 0 Å². The van der Waals surface area contributed by atoms with Crippen molar-refractivity contribution in [3.05, 3.63) is 18.6 Å². The van der Waals surface area contributed by atoms with E-state index in [1.807, 2.05) is 11.8 Å². The number of carbonyl (C=O) groups is 3. The van der Waals surface area contributed by atoms with Crippen LogP contribution in [-0.2, 0) is 23.9 Å². The molecule has 6 unspecified atom stereocenters. The maximum absolute atomic E-state index is 13.4. The zero-order chi connectivity index (χ0) is 26.0. The van der Waals surface area contributed by atoms with Crippen LogP contribution in [-0.4, -0.2) is 96.5 Å². The number of carbonyl (C=O) groups excluding carboxylic acids is 3. The number of methoxy groups -OCH3 is 2. The van der Waals surface area contributed by atoms with Crippen molar-refractivity contribution >= 4 is 23.9 Å². The summed E-state index contributed by atoms with van der Waals surface area (Å²) in [6, 6.07) is -0.443. The first kappa shape index (κ1) is 28.6. The average molecular weight is 492 g/mol. The summed E-state index contributed by atoms with van der Waals surface area (Å²) in [6.07, 6.45) is 7.35. The van der Waals surface area contributed by atoms with E-state index in [0.29, 0.717) is 12.4 Å². The molecule has 1 aromatic rings. The topological polar surface area (TPSA) is 114 Å².